The number of rotatable bonds is 5. The first-order valence-electron chi connectivity index (χ1n) is 6.28. The van der Waals surface area contributed by atoms with E-state index in [-0.39, 0.29) is 9.09 Å². The van der Waals surface area contributed by atoms with Gasteiger partial charge in [-0.2, -0.15) is 4.31 Å². The zero-order chi connectivity index (χ0) is 14.8. The largest absolute Gasteiger partial charge is 0.477 e. The fraction of sp³-hybridized carbons (Fsp3) is 0.583. The summed E-state index contributed by atoms with van der Waals surface area (Å²) in [5.41, 5.74) is 0. The molecule has 1 fully saturated rings. The van der Waals surface area contributed by atoms with Crippen molar-refractivity contribution >= 4 is 27.3 Å². The second-order valence-corrected chi connectivity index (χ2v) is 8.12. The Kier molecular flexibility index (Phi) is 4.79. The zero-order valence-corrected chi connectivity index (χ0v) is 12.7. The van der Waals surface area contributed by atoms with Crippen LogP contribution in [0.5, 0.6) is 0 Å². The number of hydrogen-bond donors (Lipinski definition) is 1. The van der Waals surface area contributed by atoms with E-state index in [0.717, 1.165) is 24.2 Å². The predicted octanol–water partition coefficient (Wildman–Crippen LogP) is 1.49. The van der Waals surface area contributed by atoms with Crippen LogP contribution in [0.25, 0.3) is 0 Å². The molecule has 20 heavy (non-hydrogen) atoms. The fourth-order valence-electron chi connectivity index (χ4n) is 2.12. The standard InChI is InChI=1S/C12H17NO5S2/c1-13(8-9-4-6-18-7-5-9)20(16,17)11-3-2-10(19-11)12(14)15/h2-3,9H,4-8H2,1H3,(H,14,15). The van der Waals surface area contributed by atoms with Crippen LogP contribution < -0.4 is 0 Å². The Morgan fingerprint density at radius 2 is 2.10 bits per heavy atom. The van der Waals surface area contributed by atoms with Gasteiger partial charge in [0.15, 0.2) is 0 Å². The molecule has 1 saturated heterocycles. The van der Waals surface area contributed by atoms with Crippen molar-refractivity contribution in [2.24, 2.45) is 5.92 Å². The minimum atomic E-state index is -3.60. The number of carboxylic acids is 1. The molecule has 0 amide bonds. The van der Waals surface area contributed by atoms with Gasteiger partial charge < -0.3 is 9.84 Å². The quantitative estimate of drug-likeness (QED) is 0.889. The first kappa shape index (κ1) is 15.4. The molecule has 0 spiro atoms. The average molecular weight is 319 g/mol. The van der Waals surface area contributed by atoms with Gasteiger partial charge in [0.2, 0.25) is 0 Å². The van der Waals surface area contributed by atoms with Crippen molar-refractivity contribution < 1.29 is 23.1 Å². The number of nitrogens with zero attached hydrogens (tertiary/aromatic N) is 1. The van der Waals surface area contributed by atoms with E-state index in [2.05, 4.69) is 0 Å². The van der Waals surface area contributed by atoms with Crippen LogP contribution in [-0.2, 0) is 14.8 Å². The Morgan fingerprint density at radius 3 is 2.65 bits per heavy atom. The van der Waals surface area contributed by atoms with Crippen molar-refractivity contribution in [3.05, 3.63) is 17.0 Å². The number of carbonyl (C=O) groups is 1. The van der Waals surface area contributed by atoms with Crippen molar-refractivity contribution in [1.82, 2.24) is 4.31 Å². The SMILES string of the molecule is CN(CC1CCOCC1)S(=O)(=O)c1ccc(C(=O)O)s1. The highest BCUT2D eigenvalue weighted by molar-refractivity contribution is 7.91. The Hall–Kier alpha value is -0.960. The molecule has 6 nitrogen and oxygen atoms in total. The molecule has 0 atom stereocenters. The van der Waals surface area contributed by atoms with E-state index in [1.54, 1.807) is 0 Å². The average Bonchev–Trinajstić information content (AvgIpc) is 2.90. The summed E-state index contributed by atoms with van der Waals surface area (Å²) in [4.78, 5) is 10.8. The lowest BCUT2D eigenvalue weighted by Crippen LogP contribution is -2.33. The van der Waals surface area contributed by atoms with Crippen molar-refractivity contribution in [3.63, 3.8) is 0 Å². The summed E-state index contributed by atoms with van der Waals surface area (Å²) in [5, 5.41) is 8.85. The maximum Gasteiger partial charge on any atom is 0.345 e. The van der Waals surface area contributed by atoms with Gasteiger partial charge in [0.1, 0.15) is 9.09 Å². The van der Waals surface area contributed by atoms with Crippen molar-refractivity contribution in [3.8, 4) is 0 Å². The molecule has 0 aromatic carbocycles. The second-order valence-electron chi connectivity index (χ2n) is 4.77. The number of sulfonamides is 1. The van der Waals surface area contributed by atoms with Gasteiger partial charge in [0.05, 0.1) is 0 Å². The summed E-state index contributed by atoms with van der Waals surface area (Å²) in [6.45, 7) is 1.77. The minimum absolute atomic E-state index is 0.0306. The first-order valence-corrected chi connectivity index (χ1v) is 8.54. The van der Waals surface area contributed by atoms with Crippen LogP contribution in [0.15, 0.2) is 16.3 Å². The Balaban J connectivity index is 2.09. The number of carboxylic acid groups (broad SMARTS) is 1. The van der Waals surface area contributed by atoms with E-state index in [0.29, 0.717) is 25.7 Å². The van der Waals surface area contributed by atoms with Crippen LogP contribution in [0.4, 0.5) is 0 Å². The number of hydrogen-bond acceptors (Lipinski definition) is 5. The number of ether oxygens (including phenoxy) is 1. The molecule has 0 unspecified atom stereocenters. The van der Waals surface area contributed by atoms with Crippen LogP contribution in [0.1, 0.15) is 22.5 Å². The molecular weight excluding hydrogens is 302 g/mol. The van der Waals surface area contributed by atoms with Crippen LogP contribution in [-0.4, -0.2) is 50.6 Å². The van der Waals surface area contributed by atoms with Gasteiger partial charge in [0, 0.05) is 26.8 Å². The monoisotopic (exact) mass is 319 g/mol. The molecule has 0 aliphatic carbocycles. The molecule has 2 rings (SSSR count). The van der Waals surface area contributed by atoms with Gasteiger partial charge in [-0.3, -0.25) is 0 Å². The van der Waals surface area contributed by atoms with E-state index >= 15 is 0 Å². The number of aromatic carboxylic acids is 1. The van der Waals surface area contributed by atoms with Gasteiger partial charge in [-0.25, -0.2) is 13.2 Å². The summed E-state index contributed by atoms with van der Waals surface area (Å²) >= 11 is 0.784. The molecule has 8 heteroatoms. The Bertz CT molecular complexity index is 574. The van der Waals surface area contributed by atoms with Crippen molar-refractivity contribution in [1.29, 1.82) is 0 Å². The molecule has 112 valence electrons. The van der Waals surface area contributed by atoms with Crippen LogP contribution in [0.3, 0.4) is 0 Å². The van der Waals surface area contributed by atoms with E-state index in [9.17, 15) is 13.2 Å². The highest BCUT2D eigenvalue weighted by Crippen LogP contribution is 2.26. The van der Waals surface area contributed by atoms with Gasteiger partial charge in [-0.15, -0.1) is 11.3 Å². The third kappa shape index (κ3) is 3.38. The highest BCUT2D eigenvalue weighted by Gasteiger charge is 2.27. The van der Waals surface area contributed by atoms with E-state index in [1.165, 1.54) is 23.5 Å². The summed E-state index contributed by atoms with van der Waals surface area (Å²) in [7, 11) is -2.07. The van der Waals surface area contributed by atoms with Crippen molar-refractivity contribution in [2.45, 2.75) is 17.1 Å². The summed E-state index contributed by atoms with van der Waals surface area (Å²) in [6, 6.07) is 2.67. The summed E-state index contributed by atoms with van der Waals surface area (Å²) in [6.07, 6.45) is 1.70. The van der Waals surface area contributed by atoms with Crippen LogP contribution >= 0.6 is 11.3 Å². The van der Waals surface area contributed by atoms with Crippen LogP contribution in [0, 0.1) is 5.92 Å². The Labute approximate surface area is 122 Å². The highest BCUT2D eigenvalue weighted by atomic mass is 32.2. The molecule has 2 heterocycles. The maximum absolute atomic E-state index is 12.4. The van der Waals surface area contributed by atoms with Crippen LogP contribution in [0.2, 0.25) is 0 Å². The van der Waals surface area contributed by atoms with E-state index in [1.807, 2.05) is 0 Å². The third-order valence-electron chi connectivity index (χ3n) is 3.31. The van der Waals surface area contributed by atoms with Gasteiger partial charge in [-0.1, -0.05) is 0 Å². The number of thiophene rings is 1. The maximum atomic E-state index is 12.4. The van der Waals surface area contributed by atoms with E-state index < -0.39 is 16.0 Å². The molecule has 0 bridgehead atoms. The minimum Gasteiger partial charge on any atom is -0.477 e. The topological polar surface area (TPSA) is 83.9 Å². The smallest absolute Gasteiger partial charge is 0.345 e. The normalized spacial score (nSPS) is 17.5. The molecule has 1 aromatic rings. The molecular formula is C12H17NO5S2. The van der Waals surface area contributed by atoms with Crippen molar-refractivity contribution in [2.75, 3.05) is 26.8 Å². The van der Waals surface area contributed by atoms with Gasteiger partial charge in [-0.05, 0) is 30.9 Å². The first-order chi connectivity index (χ1) is 9.41. The Morgan fingerprint density at radius 1 is 1.45 bits per heavy atom. The van der Waals surface area contributed by atoms with Gasteiger partial charge in [0.25, 0.3) is 10.0 Å². The molecule has 1 N–H and O–H groups in total. The lowest BCUT2D eigenvalue weighted by atomic mass is 10.0. The fourth-order valence-corrected chi connectivity index (χ4v) is 4.72. The molecule has 1 aromatic heterocycles. The molecule has 0 radical (unpaired) electrons. The molecule has 1 aliphatic heterocycles. The zero-order valence-electron chi connectivity index (χ0n) is 11.1. The van der Waals surface area contributed by atoms with Gasteiger partial charge >= 0.3 is 5.97 Å². The summed E-state index contributed by atoms with van der Waals surface area (Å²) < 4.78 is 31.3. The lowest BCUT2D eigenvalue weighted by molar-refractivity contribution is 0.0620. The molecule has 0 saturated carbocycles. The lowest BCUT2D eigenvalue weighted by Gasteiger charge is -2.26. The summed E-state index contributed by atoms with van der Waals surface area (Å²) in [5.74, 6) is -0.814. The molecule has 1 aliphatic rings. The predicted molar refractivity (Wildman–Crippen MR) is 74.6 cm³/mol. The second kappa shape index (κ2) is 6.21. The third-order valence-corrected chi connectivity index (χ3v) is 6.68. The van der Waals surface area contributed by atoms with E-state index in [4.69, 9.17) is 9.84 Å².